The predicted molar refractivity (Wildman–Crippen MR) is 77.7 cm³/mol. The van der Waals surface area contributed by atoms with Crippen LogP contribution >= 0.6 is 0 Å². The van der Waals surface area contributed by atoms with Gasteiger partial charge in [0.2, 0.25) is 0 Å². The number of rotatable bonds is 9. The lowest BCUT2D eigenvalue weighted by Gasteiger charge is -2.20. The maximum atomic E-state index is 5.64. The van der Waals surface area contributed by atoms with Gasteiger partial charge < -0.3 is 4.74 Å². The highest BCUT2D eigenvalue weighted by atomic mass is 17.2. The number of ether oxygens (including phenoxy) is 1. The van der Waals surface area contributed by atoms with Crippen LogP contribution in [0.1, 0.15) is 71.6 Å². The lowest BCUT2D eigenvalue weighted by atomic mass is 10.1. The SMILES string of the molecule is C=CCCCCCCCCC1OCCC(C)(C)OO1. The van der Waals surface area contributed by atoms with Crippen LogP contribution in [0.5, 0.6) is 0 Å². The maximum Gasteiger partial charge on any atom is 0.191 e. The third-order valence-corrected chi connectivity index (χ3v) is 3.49. The Balaban J connectivity index is 1.96. The van der Waals surface area contributed by atoms with Gasteiger partial charge in [-0.05, 0) is 33.1 Å². The topological polar surface area (TPSA) is 27.7 Å². The molecule has 0 radical (unpaired) electrons. The van der Waals surface area contributed by atoms with Crippen molar-refractivity contribution in [2.45, 2.75) is 83.5 Å². The largest absolute Gasteiger partial charge is 0.350 e. The lowest BCUT2D eigenvalue weighted by Crippen LogP contribution is -2.24. The molecule has 0 aromatic rings. The van der Waals surface area contributed by atoms with Gasteiger partial charge in [0, 0.05) is 12.8 Å². The molecule has 1 atom stereocenters. The van der Waals surface area contributed by atoms with E-state index in [1.54, 1.807) is 0 Å². The van der Waals surface area contributed by atoms with Crippen molar-refractivity contribution in [3.05, 3.63) is 12.7 Å². The molecule has 1 heterocycles. The van der Waals surface area contributed by atoms with Gasteiger partial charge in [0.05, 0.1) is 6.61 Å². The fraction of sp³-hybridized carbons (Fsp3) is 0.875. The van der Waals surface area contributed by atoms with Gasteiger partial charge in [-0.2, -0.15) is 0 Å². The van der Waals surface area contributed by atoms with Gasteiger partial charge in [-0.3, -0.25) is 0 Å². The van der Waals surface area contributed by atoms with Gasteiger partial charge in [0.25, 0.3) is 0 Å². The van der Waals surface area contributed by atoms with E-state index in [4.69, 9.17) is 14.5 Å². The Kier molecular flexibility index (Phi) is 8.35. The number of hydrogen-bond donors (Lipinski definition) is 0. The summed E-state index contributed by atoms with van der Waals surface area (Å²) in [6.07, 6.45) is 12.4. The second-order valence-corrected chi connectivity index (χ2v) is 5.98. The highest BCUT2D eigenvalue weighted by molar-refractivity contribution is 4.68. The molecule has 0 aromatic carbocycles. The van der Waals surface area contributed by atoms with E-state index in [9.17, 15) is 0 Å². The Morgan fingerprint density at radius 2 is 1.79 bits per heavy atom. The Hall–Kier alpha value is -0.380. The Bertz CT molecular complexity index is 238. The van der Waals surface area contributed by atoms with E-state index < -0.39 is 0 Å². The van der Waals surface area contributed by atoms with Crippen LogP contribution in [0.4, 0.5) is 0 Å². The highest BCUT2D eigenvalue weighted by Gasteiger charge is 2.26. The summed E-state index contributed by atoms with van der Waals surface area (Å²) in [4.78, 5) is 10.7. The molecule has 0 spiro atoms. The zero-order valence-electron chi connectivity index (χ0n) is 12.7. The minimum atomic E-state index is -0.222. The summed E-state index contributed by atoms with van der Waals surface area (Å²) < 4.78 is 5.64. The highest BCUT2D eigenvalue weighted by Crippen LogP contribution is 2.22. The molecular formula is C16H30O3. The minimum Gasteiger partial charge on any atom is -0.350 e. The summed E-state index contributed by atoms with van der Waals surface area (Å²) in [5, 5.41) is 0. The normalized spacial score (nSPS) is 22.9. The molecule has 112 valence electrons. The molecule has 1 rings (SSSR count). The zero-order valence-corrected chi connectivity index (χ0v) is 12.7. The summed E-state index contributed by atoms with van der Waals surface area (Å²) >= 11 is 0. The second-order valence-electron chi connectivity index (χ2n) is 5.98. The van der Waals surface area contributed by atoms with Crippen molar-refractivity contribution in [1.29, 1.82) is 0 Å². The van der Waals surface area contributed by atoms with Gasteiger partial charge in [-0.25, -0.2) is 9.78 Å². The monoisotopic (exact) mass is 270 g/mol. The quantitative estimate of drug-likeness (QED) is 0.343. The molecule has 0 amide bonds. The molecule has 0 saturated carbocycles. The van der Waals surface area contributed by atoms with Crippen molar-refractivity contribution in [3.63, 3.8) is 0 Å². The molecule has 0 aliphatic carbocycles. The fourth-order valence-corrected chi connectivity index (χ4v) is 2.13. The molecule has 19 heavy (non-hydrogen) atoms. The van der Waals surface area contributed by atoms with Crippen molar-refractivity contribution in [2.75, 3.05) is 6.61 Å². The Labute approximate surface area is 118 Å². The molecular weight excluding hydrogens is 240 g/mol. The molecule has 0 N–H and O–H groups in total. The lowest BCUT2D eigenvalue weighted by molar-refractivity contribution is -0.402. The molecule has 3 nitrogen and oxygen atoms in total. The number of unbranched alkanes of at least 4 members (excludes halogenated alkanes) is 6. The van der Waals surface area contributed by atoms with E-state index in [0.29, 0.717) is 0 Å². The summed E-state index contributed by atoms with van der Waals surface area (Å²) in [5.41, 5.74) is -0.222. The first-order valence-corrected chi connectivity index (χ1v) is 7.71. The molecule has 1 aliphatic rings. The third kappa shape index (κ3) is 8.40. The first kappa shape index (κ1) is 16.7. The van der Waals surface area contributed by atoms with Crippen LogP contribution in [-0.2, 0) is 14.5 Å². The van der Waals surface area contributed by atoms with Crippen LogP contribution in [0.15, 0.2) is 12.7 Å². The Morgan fingerprint density at radius 3 is 2.53 bits per heavy atom. The molecule has 0 aromatic heterocycles. The van der Waals surface area contributed by atoms with Gasteiger partial charge >= 0.3 is 0 Å². The van der Waals surface area contributed by atoms with E-state index in [2.05, 4.69) is 6.58 Å². The van der Waals surface area contributed by atoms with Crippen molar-refractivity contribution in [1.82, 2.24) is 0 Å². The third-order valence-electron chi connectivity index (χ3n) is 3.49. The number of allylic oxidation sites excluding steroid dienone is 1. The second kappa shape index (κ2) is 9.51. The van der Waals surface area contributed by atoms with Crippen LogP contribution in [0, 0.1) is 0 Å². The van der Waals surface area contributed by atoms with E-state index >= 15 is 0 Å². The molecule has 0 bridgehead atoms. The van der Waals surface area contributed by atoms with Gasteiger partial charge in [0.15, 0.2) is 6.29 Å². The summed E-state index contributed by atoms with van der Waals surface area (Å²) in [6, 6.07) is 0. The van der Waals surface area contributed by atoms with Gasteiger partial charge in [-0.1, -0.05) is 31.8 Å². The summed E-state index contributed by atoms with van der Waals surface area (Å²) in [7, 11) is 0. The number of hydrogen-bond acceptors (Lipinski definition) is 3. The summed E-state index contributed by atoms with van der Waals surface area (Å²) in [6.45, 7) is 8.52. The summed E-state index contributed by atoms with van der Waals surface area (Å²) in [5.74, 6) is 0. The van der Waals surface area contributed by atoms with Crippen LogP contribution in [-0.4, -0.2) is 18.5 Å². The molecule has 1 unspecified atom stereocenters. The van der Waals surface area contributed by atoms with Crippen LogP contribution < -0.4 is 0 Å². The van der Waals surface area contributed by atoms with Crippen molar-refractivity contribution in [2.24, 2.45) is 0 Å². The molecule has 1 fully saturated rings. The minimum absolute atomic E-state index is 0.178. The van der Waals surface area contributed by atoms with Crippen molar-refractivity contribution >= 4 is 0 Å². The van der Waals surface area contributed by atoms with E-state index in [1.165, 1.54) is 32.1 Å². The van der Waals surface area contributed by atoms with Crippen LogP contribution in [0.2, 0.25) is 0 Å². The van der Waals surface area contributed by atoms with Gasteiger partial charge in [0.1, 0.15) is 5.60 Å². The van der Waals surface area contributed by atoms with E-state index in [-0.39, 0.29) is 11.9 Å². The molecule has 3 heteroatoms. The van der Waals surface area contributed by atoms with Gasteiger partial charge in [-0.15, -0.1) is 6.58 Å². The van der Waals surface area contributed by atoms with E-state index in [1.807, 2.05) is 19.9 Å². The Morgan fingerprint density at radius 1 is 1.11 bits per heavy atom. The smallest absolute Gasteiger partial charge is 0.191 e. The van der Waals surface area contributed by atoms with Crippen molar-refractivity contribution in [3.8, 4) is 0 Å². The van der Waals surface area contributed by atoms with E-state index in [0.717, 1.165) is 32.3 Å². The van der Waals surface area contributed by atoms with Crippen LogP contribution in [0.3, 0.4) is 0 Å². The fourth-order valence-electron chi connectivity index (χ4n) is 2.13. The average Bonchev–Trinajstić information content (AvgIpc) is 2.54. The first-order valence-electron chi connectivity index (χ1n) is 7.71. The molecule has 1 aliphatic heterocycles. The zero-order chi connectivity index (χ0) is 14.0. The van der Waals surface area contributed by atoms with Crippen LogP contribution in [0.25, 0.3) is 0 Å². The standard InChI is InChI=1S/C16H30O3/c1-4-5-6-7-8-9-10-11-12-15-17-14-13-16(2,3)19-18-15/h4,15H,1,5-14H2,2-3H3. The average molecular weight is 270 g/mol. The maximum absolute atomic E-state index is 5.64. The molecule has 1 saturated heterocycles. The first-order chi connectivity index (χ1) is 9.14. The predicted octanol–water partition coefficient (Wildman–Crippen LogP) is 4.77. The van der Waals surface area contributed by atoms with Crippen molar-refractivity contribution < 1.29 is 14.5 Å².